The molecule has 2 fully saturated rings. The average molecular weight is 217 g/mol. The number of carboxylic acid groups (broad SMARTS) is 1. The molecular weight excluding hydrogens is 202 g/mol. The molecule has 0 bridgehead atoms. The lowest BCUT2D eigenvalue weighted by Gasteiger charge is -2.36. The quantitative estimate of drug-likeness (QED) is 0.676. The molecule has 3 unspecified atom stereocenters. The number of nitrogens with one attached hydrogen (secondary N) is 1. The molecule has 80 valence electrons. The lowest BCUT2D eigenvalue weighted by Crippen LogP contribution is -2.49. The topological polar surface area (TPSA) is 58.6 Å². The Bertz CT molecular complexity index is 248. The van der Waals surface area contributed by atoms with Gasteiger partial charge >= 0.3 is 5.97 Å². The number of thioether (sulfide) groups is 1. The van der Waals surface area contributed by atoms with Crippen LogP contribution >= 0.6 is 11.8 Å². The molecule has 0 saturated carbocycles. The highest BCUT2D eigenvalue weighted by atomic mass is 32.2. The summed E-state index contributed by atoms with van der Waals surface area (Å²) in [4.78, 5) is 10.8. The van der Waals surface area contributed by atoms with Crippen molar-refractivity contribution in [1.82, 2.24) is 5.32 Å². The molecule has 0 aliphatic carbocycles. The zero-order valence-corrected chi connectivity index (χ0v) is 8.97. The molecule has 2 rings (SSSR count). The number of ether oxygens (including phenoxy) is 1. The van der Waals surface area contributed by atoms with Gasteiger partial charge in [-0.05, 0) is 13.3 Å². The fraction of sp³-hybridized carbons (Fsp3) is 0.889. The Labute approximate surface area is 87.4 Å². The van der Waals surface area contributed by atoms with Gasteiger partial charge in [-0.2, -0.15) is 0 Å². The summed E-state index contributed by atoms with van der Waals surface area (Å²) in [5.41, 5.74) is 0. The van der Waals surface area contributed by atoms with Gasteiger partial charge < -0.3 is 9.84 Å². The van der Waals surface area contributed by atoms with E-state index in [1.807, 2.05) is 6.92 Å². The van der Waals surface area contributed by atoms with E-state index in [0.29, 0.717) is 5.75 Å². The van der Waals surface area contributed by atoms with Gasteiger partial charge in [0.1, 0.15) is 6.04 Å². The van der Waals surface area contributed by atoms with Crippen LogP contribution in [0.1, 0.15) is 19.8 Å². The Balaban J connectivity index is 2.01. The predicted octanol–water partition coefficient (Wildman–Crippen LogP) is 0.671. The fourth-order valence-electron chi connectivity index (χ4n) is 2.09. The van der Waals surface area contributed by atoms with Crippen LogP contribution in [0.15, 0.2) is 0 Å². The minimum absolute atomic E-state index is 0.0409. The zero-order valence-electron chi connectivity index (χ0n) is 8.16. The molecule has 2 N–H and O–H groups in total. The maximum Gasteiger partial charge on any atom is 0.321 e. The van der Waals surface area contributed by atoms with Crippen LogP contribution in [0.25, 0.3) is 0 Å². The van der Waals surface area contributed by atoms with Gasteiger partial charge in [0.05, 0.1) is 11.0 Å². The molecule has 0 aromatic rings. The van der Waals surface area contributed by atoms with Crippen molar-refractivity contribution in [2.45, 2.75) is 36.8 Å². The van der Waals surface area contributed by atoms with E-state index < -0.39 is 5.97 Å². The molecule has 2 aliphatic heterocycles. The zero-order chi connectivity index (χ0) is 10.2. The van der Waals surface area contributed by atoms with Crippen molar-refractivity contribution in [2.24, 2.45) is 0 Å². The van der Waals surface area contributed by atoms with Gasteiger partial charge in [-0.3, -0.25) is 10.1 Å². The monoisotopic (exact) mass is 217 g/mol. The smallest absolute Gasteiger partial charge is 0.321 e. The van der Waals surface area contributed by atoms with Crippen LogP contribution in [-0.4, -0.2) is 40.5 Å². The van der Waals surface area contributed by atoms with E-state index in [-0.39, 0.29) is 17.0 Å². The Morgan fingerprint density at radius 2 is 2.50 bits per heavy atom. The van der Waals surface area contributed by atoms with Gasteiger partial charge in [-0.25, -0.2) is 0 Å². The third-order valence-corrected chi connectivity index (χ3v) is 4.33. The van der Waals surface area contributed by atoms with Gasteiger partial charge in [0.25, 0.3) is 0 Å². The van der Waals surface area contributed by atoms with Gasteiger partial charge in [-0.1, -0.05) is 0 Å². The lowest BCUT2D eigenvalue weighted by molar-refractivity contribution is -0.139. The average Bonchev–Trinajstić information content (AvgIpc) is 2.49. The number of rotatable bonds is 1. The molecule has 2 aliphatic rings. The molecule has 0 amide bonds. The predicted molar refractivity (Wildman–Crippen MR) is 54.4 cm³/mol. The Morgan fingerprint density at radius 1 is 1.71 bits per heavy atom. The highest BCUT2D eigenvalue weighted by Gasteiger charge is 2.44. The van der Waals surface area contributed by atoms with Crippen LogP contribution in [-0.2, 0) is 9.53 Å². The summed E-state index contributed by atoms with van der Waals surface area (Å²) in [6.07, 6.45) is 2.05. The summed E-state index contributed by atoms with van der Waals surface area (Å²) in [6, 6.07) is -0.384. The Hall–Kier alpha value is -0.260. The second kappa shape index (κ2) is 3.72. The van der Waals surface area contributed by atoms with E-state index in [2.05, 4.69) is 5.32 Å². The van der Waals surface area contributed by atoms with Crippen molar-refractivity contribution in [1.29, 1.82) is 0 Å². The molecular formula is C9H15NO3S. The molecule has 0 aromatic heterocycles. The minimum atomic E-state index is -0.742. The fourth-order valence-corrected chi connectivity index (χ4v) is 3.61. The molecule has 14 heavy (non-hydrogen) atoms. The standard InChI is InChI=1S/C9H15NO3S/c1-6-4-9(2-3-13-6)10-7(5-14-9)8(11)12/h6-7,10H,2-5H2,1H3,(H,11,12). The molecule has 3 atom stereocenters. The van der Waals surface area contributed by atoms with Crippen molar-refractivity contribution in [3.8, 4) is 0 Å². The molecule has 2 saturated heterocycles. The van der Waals surface area contributed by atoms with Gasteiger partial charge in [0.2, 0.25) is 0 Å². The van der Waals surface area contributed by atoms with Crippen LogP contribution in [0.2, 0.25) is 0 Å². The van der Waals surface area contributed by atoms with E-state index in [1.54, 1.807) is 11.8 Å². The number of carbonyl (C=O) groups is 1. The molecule has 5 heteroatoms. The Kier molecular flexibility index (Phi) is 2.72. The van der Waals surface area contributed by atoms with Gasteiger partial charge in [0, 0.05) is 18.8 Å². The van der Waals surface area contributed by atoms with E-state index in [1.165, 1.54) is 0 Å². The molecule has 1 spiro atoms. The van der Waals surface area contributed by atoms with Crippen molar-refractivity contribution >= 4 is 17.7 Å². The van der Waals surface area contributed by atoms with E-state index in [0.717, 1.165) is 19.4 Å². The number of hydrogen-bond donors (Lipinski definition) is 2. The van der Waals surface area contributed by atoms with E-state index in [4.69, 9.17) is 9.84 Å². The van der Waals surface area contributed by atoms with E-state index in [9.17, 15) is 4.79 Å². The normalized spacial score (nSPS) is 42.9. The van der Waals surface area contributed by atoms with E-state index >= 15 is 0 Å². The van der Waals surface area contributed by atoms with Crippen molar-refractivity contribution in [2.75, 3.05) is 12.4 Å². The highest BCUT2D eigenvalue weighted by Crippen LogP contribution is 2.40. The summed E-state index contributed by atoms with van der Waals surface area (Å²) < 4.78 is 5.46. The van der Waals surface area contributed by atoms with Crippen molar-refractivity contribution in [3.63, 3.8) is 0 Å². The first kappa shape index (κ1) is 10.3. The van der Waals surface area contributed by atoms with Gasteiger partial charge in [0.15, 0.2) is 0 Å². The van der Waals surface area contributed by atoms with Crippen LogP contribution in [0.5, 0.6) is 0 Å². The number of aliphatic carboxylic acids is 1. The second-order valence-electron chi connectivity index (χ2n) is 3.98. The first-order valence-electron chi connectivity index (χ1n) is 4.87. The first-order valence-corrected chi connectivity index (χ1v) is 5.86. The molecule has 0 aromatic carbocycles. The highest BCUT2D eigenvalue weighted by molar-refractivity contribution is 8.01. The maximum atomic E-state index is 10.8. The molecule has 2 heterocycles. The van der Waals surface area contributed by atoms with Crippen LogP contribution in [0.3, 0.4) is 0 Å². The second-order valence-corrected chi connectivity index (χ2v) is 5.38. The van der Waals surface area contributed by atoms with Crippen molar-refractivity contribution in [3.05, 3.63) is 0 Å². The third kappa shape index (κ3) is 1.89. The summed E-state index contributed by atoms with van der Waals surface area (Å²) >= 11 is 1.73. The SMILES string of the molecule is CC1CC2(CCO1)NC(C(=O)O)CS2. The lowest BCUT2D eigenvalue weighted by atomic mass is 10.0. The number of hydrogen-bond acceptors (Lipinski definition) is 4. The van der Waals surface area contributed by atoms with Crippen LogP contribution in [0.4, 0.5) is 0 Å². The van der Waals surface area contributed by atoms with Crippen LogP contribution in [0, 0.1) is 0 Å². The van der Waals surface area contributed by atoms with Gasteiger partial charge in [-0.15, -0.1) is 11.8 Å². The Morgan fingerprint density at radius 3 is 3.07 bits per heavy atom. The molecule has 4 nitrogen and oxygen atoms in total. The van der Waals surface area contributed by atoms with Crippen LogP contribution < -0.4 is 5.32 Å². The minimum Gasteiger partial charge on any atom is -0.480 e. The summed E-state index contributed by atoms with van der Waals surface area (Å²) in [5, 5.41) is 12.1. The third-order valence-electron chi connectivity index (χ3n) is 2.79. The number of carboxylic acids is 1. The summed E-state index contributed by atoms with van der Waals surface area (Å²) in [6.45, 7) is 2.77. The summed E-state index contributed by atoms with van der Waals surface area (Å²) in [7, 11) is 0. The molecule has 0 radical (unpaired) electrons. The largest absolute Gasteiger partial charge is 0.480 e. The first-order chi connectivity index (χ1) is 6.61. The maximum absolute atomic E-state index is 10.8. The summed E-state index contributed by atoms with van der Waals surface area (Å²) in [5.74, 6) is -0.0734. The van der Waals surface area contributed by atoms with Crippen molar-refractivity contribution < 1.29 is 14.6 Å².